The van der Waals surface area contributed by atoms with E-state index in [1.165, 1.54) is 0 Å². The lowest BCUT2D eigenvalue weighted by atomic mass is 10.2. The Bertz CT molecular complexity index is 1020. The van der Waals surface area contributed by atoms with Gasteiger partial charge in [-0.2, -0.15) is 0 Å². The fourth-order valence-electron chi connectivity index (χ4n) is 2.53. The minimum Gasteiger partial charge on any atom is -0.455 e. The van der Waals surface area contributed by atoms with Gasteiger partial charge in [-0.15, -0.1) is 0 Å². The van der Waals surface area contributed by atoms with Gasteiger partial charge in [0.15, 0.2) is 5.75 Å². The van der Waals surface area contributed by atoms with E-state index in [1.807, 2.05) is 60.7 Å². The van der Waals surface area contributed by atoms with E-state index in [9.17, 15) is 0 Å². The van der Waals surface area contributed by atoms with Crippen LogP contribution in [0.25, 0.3) is 10.9 Å². The second kappa shape index (κ2) is 6.79. The fraction of sp³-hybridized carbons (Fsp3) is 0. The topological polar surface area (TPSA) is 47.0 Å². The van der Waals surface area contributed by atoms with Crippen molar-refractivity contribution in [2.24, 2.45) is 0 Å². The Kier molecular flexibility index (Phi) is 4.19. The Balaban J connectivity index is 1.73. The predicted octanol–water partition coefficient (Wildman–Crippen LogP) is 5.82. The molecule has 0 amide bonds. The standard InChI is InChI=1S/C20H14ClN3O/c21-14-8-9-19(25-15-5-2-1-3-6-15)18(13-14)24-20-16-7-4-11-22-17(16)10-12-23-20/h1-13H,(H,23,24). The molecule has 0 unspecified atom stereocenters. The Morgan fingerprint density at radius 1 is 0.840 bits per heavy atom. The molecule has 4 aromatic rings. The van der Waals surface area contributed by atoms with Crippen molar-refractivity contribution in [1.82, 2.24) is 9.97 Å². The summed E-state index contributed by atoms with van der Waals surface area (Å²) < 4.78 is 5.98. The highest BCUT2D eigenvalue weighted by Crippen LogP contribution is 2.34. The molecule has 25 heavy (non-hydrogen) atoms. The molecule has 1 N–H and O–H groups in total. The molecule has 5 heteroatoms. The largest absolute Gasteiger partial charge is 0.455 e. The molecule has 2 aromatic carbocycles. The summed E-state index contributed by atoms with van der Waals surface area (Å²) in [5.41, 5.74) is 1.60. The Morgan fingerprint density at radius 2 is 1.72 bits per heavy atom. The molecule has 4 rings (SSSR count). The van der Waals surface area contributed by atoms with Crippen molar-refractivity contribution in [2.75, 3.05) is 5.32 Å². The molecule has 4 nitrogen and oxygen atoms in total. The van der Waals surface area contributed by atoms with Gasteiger partial charge in [0.1, 0.15) is 11.6 Å². The van der Waals surface area contributed by atoms with Gasteiger partial charge in [-0.3, -0.25) is 4.98 Å². The van der Waals surface area contributed by atoms with Crippen molar-refractivity contribution in [1.29, 1.82) is 0 Å². The fourth-order valence-corrected chi connectivity index (χ4v) is 2.71. The number of nitrogens with one attached hydrogen (secondary N) is 1. The molecular formula is C20H14ClN3O. The summed E-state index contributed by atoms with van der Waals surface area (Å²) in [5.74, 6) is 2.12. The molecule has 0 bridgehead atoms. The number of anilines is 2. The van der Waals surface area contributed by atoms with Crippen molar-refractivity contribution in [3.63, 3.8) is 0 Å². The van der Waals surface area contributed by atoms with Gasteiger partial charge < -0.3 is 10.1 Å². The number of aromatic nitrogens is 2. The number of hydrogen-bond donors (Lipinski definition) is 1. The van der Waals surface area contributed by atoms with Gasteiger partial charge in [0.2, 0.25) is 0 Å². The van der Waals surface area contributed by atoms with E-state index < -0.39 is 0 Å². The maximum Gasteiger partial charge on any atom is 0.151 e. The zero-order valence-corrected chi connectivity index (χ0v) is 13.9. The molecule has 122 valence electrons. The second-order valence-corrected chi connectivity index (χ2v) is 5.85. The van der Waals surface area contributed by atoms with E-state index in [4.69, 9.17) is 16.3 Å². The number of halogens is 1. The van der Waals surface area contributed by atoms with Crippen LogP contribution in [-0.2, 0) is 0 Å². The number of pyridine rings is 2. The summed E-state index contributed by atoms with van der Waals surface area (Å²) in [7, 11) is 0. The lowest BCUT2D eigenvalue weighted by Gasteiger charge is -2.14. The van der Waals surface area contributed by atoms with Crippen LogP contribution in [0.4, 0.5) is 11.5 Å². The first-order valence-corrected chi connectivity index (χ1v) is 8.16. The number of ether oxygens (including phenoxy) is 1. The minimum atomic E-state index is 0.612. The van der Waals surface area contributed by atoms with Gasteiger partial charge >= 0.3 is 0 Å². The van der Waals surface area contributed by atoms with Crippen molar-refractivity contribution in [3.8, 4) is 11.5 Å². The molecule has 0 saturated carbocycles. The molecule has 0 aliphatic heterocycles. The first-order chi connectivity index (χ1) is 12.3. The summed E-state index contributed by atoms with van der Waals surface area (Å²) in [4.78, 5) is 8.78. The van der Waals surface area contributed by atoms with E-state index >= 15 is 0 Å². The second-order valence-electron chi connectivity index (χ2n) is 5.41. The minimum absolute atomic E-state index is 0.612. The van der Waals surface area contributed by atoms with Crippen LogP contribution in [0.15, 0.2) is 79.1 Å². The summed E-state index contributed by atoms with van der Waals surface area (Å²) >= 11 is 6.18. The Hall–Kier alpha value is -3.11. The predicted molar refractivity (Wildman–Crippen MR) is 101 cm³/mol. The van der Waals surface area contributed by atoms with Crippen LogP contribution >= 0.6 is 11.6 Å². The van der Waals surface area contributed by atoms with Crippen LogP contribution in [0.1, 0.15) is 0 Å². The van der Waals surface area contributed by atoms with Gasteiger partial charge in [-0.05, 0) is 48.5 Å². The zero-order chi connectivity index (χ0) is 17.1. The van der Waals surface area contributed by atoms with E-state index in [0.29, 0.717) is 16.6 Å². The first kappa shape index (κ1) is 15.4. The lowest BCUT2D eigenvalue weighted by molar-refractivity contribution is 0.485. The Morgan fingerprint density at radius 3 is 2.60 bits per heavy atom. The van der Waals surface area contributed by atoms with E-state index in [2.05, 4.69) is 15.3 Å². The maximum absolute atomic E-state index is 6.18. The number of nitrogens with zero attached hydrogens (tertiary/aromatic N) is 2. The van der Waals surface area contributed by atoms with Crippen LogP contribution in [0.3, 0.4) is 0 Å². The van der Waals surface area contributed by atoms with Crippen LogP contribution < -0.4 is 10.1 Å². The third-order valence-electron chi connectivity index (χ3n) is 3.70. The van der Waals surface area contributed by atoms with Crippen molar-refractivity contribution < 1.29 is 4.74 Å². The monoisotopic (exact) mass is 347 g/mol. The third-order valence-corrected chi connectivity index (χ3v) is 3.93. The van der Waals surface area contributed by atoms with Crippen LogP contribution in [0, 0.1) is 0 Å². The zero-order valence-electron chi connectivity index (χ0n) is 13.2. The maximum atomic E-state index is 6.18. The van der Waals surface area contributed by atoms with Crippen LogP contribution in [0.2, 0.25) is 5.02 Å². The highest BCUT2D eigenvalue weighted by atomic mass is 35.5. The molecule has 0 atom stereocenters. The molecule has 0 spiro atoms. The molecule has 0 aliphatic rings. The molecule has 0 aliphatic carbocycles. The van der Waals surface area contributed by atoms with Crippen molar-refractivity contribution >= 4 is 34.0 Å². The highest BCUT2D eigenvalue weighted by molar-refractivity contribution is 6.31. The summed E-state index contributed by atoms with van der Waals surface area (Å²) in [5, 5.41) is 4.85. The number of benzene rings is 2. The number of para-hydroxylation sites is 1. The number of hydrogen-bond acceptors (Lipinski definition) is 4. The van der Waals surface area contributed by atoms with Gasteiger partial charge in [0.25, 0.3) is 0 Å². The van der Waals surface area contributed by atoms with Crippen LogP contribution in [-0.4, -0.2) is 9.97 Å². The molecule has 0 saturated heterocycles. The summed E-state index contributed by atoms with van der Waals surface area (Å²) in [6, 6.07) is 20.8. The highest BCUT2D eigenvalue weighted by Gasteiger charge is 2.10. The van der Waals surface area contributed by atoms with E-state index in [-0.39, 0.29) is 0 Å². The SMILES string of the molecule is Clc1ccc(Oc2ccccc2)c(Nc2nccc3ncccc23)c1. The quantitative estimate of drug-likeness (QED) is 0.505. The molecule has 0 fully saturated rings. The Labute approximate surface area is 150 Å². The number of fused-ring (bicyclic) bond motifs is 1. The van der Waals surface area contributed by atoms with Crippen molar-refractivity contribution in [3.05, 3.63) is 84.1 Å². The summed E-state index contributed by atoms with van der Waals surface area (Å²) in [6.45, 7) is 0. The van der Waals surface area contributed by atoms with Gasteiger partial charge in [-0.25, -0.2) is 4.98 Å². The normalized spacial score (nSPS) is 10.6. The smallest absolute Gasteiger partial charge is 0.151 e. The molecule has 2 aromatic heterocycles. The van der Waals surface area contributed by atoms with Gasteiger partial charge in [-0.1, -0.05) is 29.8 Å². The average Bonchev–Trinajstić information content (AvgIpc) is 2.65. The first-order valence-electron chi connectivity index (χ1n) is 7.79. The molecule has 2 heterocycles. The van der Waals surface area contributed by atoms with E-state index in [1.54, 1.807) is 18.5 Å². The number of rotatable bonds is 4. The van der Waals surface area contributed by atoms with Crippen LogP contribution in [0.5, 0.6) is 11.5 Å². The van der Waals surface area contributed by atoms with Gasteiger partial charge in [0, 0.05) is 22.8 Å². The summed E-state index contributed by atoms with van der Waals surface area (Å²) in [6.07, 6.45) is 3.48. The third kappa shape index (κ3) is 3.39. The van der Waals surface area contributed by atoms with Crippen molar-refractivity contribution in [2.45, 2.75) is 0 Å². The lowest BCUT2D eigenvalue weighted by Crippen LogP contribution is -1.98. The average molecular weight is 348 g/mol. The molecular weight excluding hydrogens is 334 g/mol. The van der Waals surface area contributed by atoms with Gasteiger partial charge in [0.05, 0.1) is 11.2 Å². The van der Waals surface area contributed by atoms with E-state index in [0.717, 1.165) is 22.3 Å². The molecule has 0 radical (unpaired) electrons.